The third kappa shape index (κ3) is 3.00. The van der Waals surface area contributed by atoms with E-state index in [0.29, 0.717) is 5.75 Å². The highest BCUT2D eigenvalue weighted by molar-refractivity contribution is 7.92. The average Bonchev–Trinajstić information content (AvgIpc) is 2.34. The van der Waals surface area contributed by atoms with Crippen LogP contribution < -0.4 is 5.32 Å². The summed E-state index contributed by atoms with van der Waals surface area (Å²) in [6, 6.07) is 6.15. The molecule has 1 aliphatic rings. The van der Waals surface area contributed by atoms with Crippen molar-refractivity contribution < 1.29 is 8.42 Å². The van der Waals surface area contributed by atoms with E-state index in [4.69, 9.17) is 0 Å². The monoisotopic (exact) mass is 281 g/mol. The highest BCUT2D eigenvalue weighted by Gasteiger charge is 2.36. The van der Waals surface area contributed by atoms with E-state index >= 15 is 0 Å². The third-order valence-electron chi connectivity index (χ3n) is 4.07. The predicted molar refractivity (Wildman–Crippen MR) is 79.1 cm³/mol. The first-order valence-electron chi connectivity index (χ1n) is 6.91. The van der Waals surface area contributed by atoms with Crippen molar-refractivity contribution in [1.29, 1.82) is 0 Å². The van der Waals surface area contributed by atoms with E-state index in [2.05, 4.69) is 37.4 Å². The number of sulfone groups is 1. The molecule has 1 aromatic carbocycles. The van der Waals surface area contributed by atoms with Gasteiger partial charge < -0.3 is 5.32 Å². The molecule has 3 nitrogen and oxygen atoms in total. The number of hydrogen-bond donors (Lipinski definition) is 1. The van der Waals surface area contributed by atoms with Gasteiger partial charge in [0, 0.05) is 6.04 Å². The summed E-state index contributed by atoms with van der Waals surface area (Å²) in [5.41, 5.74) is 3.49. The predicted octanol–water partition coefficient (Wildman–Crippen LogP) is 2.53. The molecule has 1 N–H and O–H groups in total. The molecule has 2 rings (SSSR count). The van der Waals surface area contributed by atoms with Crippen molar-refractivity contribution in [1.82, 2.24) is 5.32 Å². The number of nitrogens with one attached hydrogen (secondary N) is 1. The summed E-state index contributed by atoms with van der Waals surface area (Å²) in [5.74, 6) is 0.334. The molecule has 0 radical (unpaired) electrons. The molecule has 106 valence electrons. The Bertz CT molecular complexity index is 551. The smallest absolute Gasteiger partial charge is 0.155 e. The quantitative estimate of drug-likeness (QED) is 0.926. The molecule has 2 atom stereocenters. The second kappa shape index (κ2) is 5.63. The Labute approximate surface area is 116 Å². The molecule has 1 aromatic rings. The summed E-state index contributed by atoms with van der Waals surface area (Å²) in [4.78, 5) is 0. The summed E-state index contributed by atoms with van der Waals surface area (Å²) in [6.07, 6.45) is 2.58. The van der Waals surface area contributed by atoms with Crippen LogP contribution in [0.1, 0.15) is 42.0 Å². The molecule has 0 spiro atoms. The maximum absolute atomic E-state index is 12.3. The largest absolute Gasteiger partial charge is 0.312 e. The average molecular weight is 281 g/mol. The van der Waals surface area contributed by atoms with Crippen molar-refractivity contribution in [3.63, 3.8) is 0 Å². The van der Waals surface area contributed by atoms with E-state index in [1.807, 2.05) is 7.05 Å². The highest BCUT2D eigenvalue weighted by atomic mass is 32.2. The molecule has 2 unspecified atom stereocenters. The van der Waals surface area contributed by atoms with E-state index in [0.717, 1.165) is 24.8 Å². The lowest BCUT2D eigenvalue weighted by molar-refractivity contribution is 0.468. The SMILES string of the molecule is CNC(c1ccc(C)cc1C)C1CCCCS1(=O)=O. The van der Waals surface area contributed by atoms with Crippen LogP contribution in [0.25, 0.3) is 0 Å². The van der Waals surface area contributed by atoms with Crippen molar-refractivity contribution in [2.45, 2.75) is 44.4 Å². The first kappa shape index (κ1) is 14.5. The van der Waals surface area contributed by atoms with Gasteiger partial charge in [0.15, 0.2) is 9.84 Å². The first-order valence-corrected chi connectivity index (χ1v) is 8.63. The second-order valence-electron chi connectivity index (χ2n) is 5.53. The van der Waals surface area contributed by atoms with Crippen molar-refractivity contribution in [2.75, 3.05) is 12.8 Å². The van der Waals surface area contributed by atoms with Crippen molar-refractivity contribution >= 4 is 9.84 Å². The molecular weight excluding hydrogens is 258 g/mol. The number of aryl methyl sites for hydroxylation is 2. The standard InChI is InChI=1S/C15H23NO2S/c1-11-7-8-13(12(2)10-11)15(16-3)14-6-4-5-9-19(14,17)18/h7-8,10,14-16H,4-6,9H2,1-3H3. The molecule has 19 heavy (non-hydrogen) atoms. The minimum absolute atomic E-state index is 0.0918. The van der Waals surface area contributed by atoms with Gasteiger partial charge in [-0.15, -0.1) is 0 Å². The maximum Gasteiger partial charge on any atom is 0.155 e. The zero-order valence-electron chi connectivity index (χ0n) is 11.9. The molecule has 1 heterocycles. The normalized spacial score (nSPS) is 24.1. The van der Waals surface area contributed by atoms with E-state index in [9.17, 15) is 8.42 Å². The van der Waals surface area contributed by atoms with Gasteiger partial charge >= 0.3 is 0 Å². The van der Waals surface area contributed by atoms with E-state index in [-0.39, 0.29) is 11.3 Å². The van der Waals surface area contributed by atoms with Crippen LogP contribution in [0.5, 0.6) is 0 Å². The van der Waals surface area contributed by atoms with Gasteiger partial charge in [0.05, 0.1) is 11.0 Å². The number of hydrogen-bond acceptors (Lipinski definition) is 3. The Kier molecular flexibility index (Phi) is 4.31. The fourth-order valence-electron chi connectivity index (χ4n) is 3.07. The Balaban J connectivity index is 2.39. The summed E-state index contributed by atoms with van der Waals surface area (Å²) in [5, 5.41) is 2.94. The van der Waals surface area contributed by atoms with Gasteiger partial charge in [-0.05, 0) is 44.9 Å². The van der Waals surface area contributed by atoms with Crippen LogP contribution >= 0.6 is 0 Å². The Morgan fingerprint density at radius 3 is 2.58 bits per heavy atom. The first-order chi connectivity index (χ1) is 8.95. The molecule has 0 saturated carbocycles. The van der Waals surface area contributed by atoms with E-state index < -0.39 is 9.84 Å². The van der Waals surface area contributed by atoms with Crippen LogP contribution in [0.3, 0.4) is 0 Å². The van der Waals surface area contributed by atoms with E-state index in [1.54, 1.807) is 0 Å². The second-order valence-corrected chi connectivity index (χ2v) is 7.87. The molecule has 0 amide bonds. The van der Waals surface area contributed by atoms with Crippen LogP contribution in [0.15, 0.2) is 18.2 Å². The van der Waals surface area contributed by atoms with Gasteiger partial charge in [-0.1, -0.05) is 30.2 Å². The third-order valence-corrected chi connectivity index (χ3v) is 6.36. The van der Waals surface area contributed by atoms with E-state index in [1.165, 1.54) is 11.1 Å². The molecule has 0 aromatic heterocycles. The van der Waals surface area contributed by atoms with Gasteiger partial charge in [-0.2, -0.15) is 0 Å². The maximum atomic E-state index is 12.3. The molecule has 4 heteroatoms. The lowest BCUT2D eigenvalue weighted by atomic mass is 9.94. The van der Waals surface area contributed by atoms with Crippen LogP contribution in [0, 0.1) is 13.8 Å². The summed E-state index contributed by atoms with van der Waals surface area (Å²) in [7, 11) is -1.12. The molecule has 0 bridgehead atoms. The molecule has 1 fully saturated rings. The van der Waals surface area contributed by atoms with Crippen molar-refractivity contribution in [3.8, 4) is 0 Å². The minimum Gasteiger partial charge on any atom is -0.312 e. The van der Waals surface area contributed by atoms with Crippen LogP contribution in [-0.2, 0) is 9.84 Å². The Hall–Kier alpha value is -0.870. The Morgan fingerprint density at radius 1 is 1.26 bits per heavy atom. The fourth-order valence-corrected chi connectivity index (χ4v) is 5.20. The van der Waals surface area contributed by atoms with Crippen LogP contribution in [-0.4, -0.2) is 26.5 Å². The lowest BCUT2D eigenvalue weighted by Crippen LogP contribution is -2.39. The summed E-state index contributed by atoms with van der Waals surface area (Å²) >= 11 is 0. The molecular formula is C15H23NO2S. The molecule has 0 aliphatic carbocycles. The number of benzene rings is 1. The van der Waals surface area contributed by atoms with Crippen LogP contribution in [0.4, 0.5) is 0 Å². The van der Waals surface area contributed by atoms with Gasteiger partial charge in [0.25, 0.3) is 0 Å². The van der Waals surface area contributed by atoms with Gasteiger partial charge in [-0.3, -0.25) is 0 Å². The lowest BCUT2D eigenvalue weighted by Gasteiger charge is -2.31. The van der Waals surface area contributed by atoms with Crippen molar-refractivity contribution in [3.05, 3.63) is 34.9 Å². The minimum atomic E-state index is -2.97. The zero-order chi connectivity index (χ0) is 14.0. The van der Waals surface area contributed by atoms with Crippen molar-refractivity contribution in [2.24, 2.45) is 0 Å². The Morgan fingerprint density at radius 2 is 2.00 bits per heavy atom. The molecule has 1 aliphatic heterocycles. The highest BCUT2D eigenvalue weighted by Crippen LogP contribution is 2.32. The van der Waals surface area contributed by atoms with Crippen LogP contribution in [0.2, 0.25) is 0 Å². The molecule has 1 saturated heterocycles. The van der Waals surface area contributed by atoms with Gasteiger partial charge in [0.1, 0.15) is 0 Å². The van der Waals surface area contributed by atoms with Gasteiger partial charge in [-0.25, -0.2) is 8.42 Å². The number of rotatable bonds is 3. The summed E-state index contributed by atoms with van der Waals surface area (Å²) < 4.78 is 24.6. The van der Waals surface area contributed by atoms with Gasteiger partial charge in [0.2, 0.25) is 0 Å². The zero-order valence-corrected chi connectivity index (χ0v) is 12.8. The fraction of sp³-hybridized carbons (Fsp3) is 0.600. The summed E-state index contributed by atoms with van der Waals surface area (Å²) in [6.45, 7) is 4.12. The topological polar surface area (TPSA) is 46.2 Å².